The molecule has 0 rings (SSSR count). The van der Waals surface area contributed by atoms with Crippen LogP contribution in [0.15, 0.2) is 0 Å². The Morgan fingerprint density at radius 1 is 1.55 bits per heavy atom. The maximum Gasteiger partial charge on any atom is 0.506 e. The van der Waals surface area contributed by atoms with Gasteiger partial charge in [-0.1, -0.05) is 0 Å². The van der Waals surface area contributed by atoms with Crippen molar-refractivity contribution in [3.8, 4) is 0 Å². The van der Waals surface area contributed by atoms with Crippen molar-refractivity contribution < 1.29 is 24.2 Å². The number of ether oxygens (including phenoxy) is 2. The summed E-state index contributed by atoms with van der Waals surface area (Å²) in [4.78, 5) is 20.6. The van der Waals surface area contributed by atoms with E-state index in [1.807, 2.05) is 0 Å². The molecule has 0 bridgehead atoms. The van der Waals surface area contributed by atoms with E-state index in [1.54, 1.807) is 6.92 Å². The molecule has 0 unspecified atom stereocenters. The summed E-state index contributed by atoms with van der Waals surface area (Å²) in [6.07, 6.45) is -2.53. The molecule has 5 nitrogen and oxygen atoms in total. The predicted molar refractivity (Wildman–Crippen MR) is 35.2 cm³/mol. The fourth-order valence-corrected chi connectivity index (χ4v) is 0.459. The molecular weight excluding hydrogens is 152 g/mol. The molecule has 0 saturated heterocycles. The largest absolute Gasteiger partial charge is 0.506 e. The zero-order valence-electron chi connectivity index (χ0n) is 6.36. The Hall–Kier alpha value is -1.26. The SMILES string of the molecule is CCOC(=O)[C@H](C)OC(=O)O. The third-order valence-corrected chi connectivity index (χ3v) is 0.896. The van der Waals surface area contributed by atoms with Crippen molar-refractivity contribution >= 4 is 12.1 Å². The first-order chi connectivity index (χ1) is 5.07. The lowest BCUT2D eigenvalue weighted by Gasteiger charge is -2.08. The third-order valence-electron chi connectivity index (χ3n) is 0.896. The highest BCUT2D eigenvalue weighted by atomic mass is 16.7. The lowest BCUT2D eigenvalue weighted by atomic mass is 10.4. The molecule has 0 aromatic rings. The Balaban J connectivity index is 3.73. The Bertz CT molecular complexity index is 153. The molecule has 11 heavy (non-hydrogen) atoms. The van der Waals surface area contributed by atoms with Gasteiger partial charge >= 0.3 is 12.1 Å². The van der Waals surface area contributed by atoms with Gasteiger partial charge in [0.2, 0.25) is 0 Å². The normalized spacial score (nSPS) is 11.8. The average molecular weight is 162 g/mol. The van der Waals surface area contributed by atoms with E-state index >= 15 is 0 Å². The quantitative estimate of drug-likeness (QED) is 0.616. The number of carbonyl (C=O) groups is 2. The highest BCUT2D eigenvalue weighted by Crippen LogP contribution is 1.94. The van der Waals surface area contributed by atoms with E-state index < -0.39 is 18.2 Å². The maximum absolute atomic E-state index is 10.7. The zero-order valence-corrected chi connectivity index (χ0v) is 6.36. The first-order valence-electron chi connectivity index (χ1n) is 3.14. The maximum atomic E-state index is 10.7. The molecule has 0 aliphatic carbocycles. The molecule has 1 atom stereocenters. The number of esters is 1. The molecule has 1 N–H and O–H groups in total. The molecule has 0 radical (unpaired) electrons. The second kappa shape index (κ2) is 4.54. The second-order valence-electron chi connectivity index (χ2n) is 1.78. The first kappa shape index (κ1) is 9.74. The number of carboxylic acid groups (broad SMARTS) is 1. The molecule has 0 aliphatic heterocycles. The summed E-state index contributed by atoms with van der Waals surface area (Å²) < 4.78 is 8.58. The summed E-state index contributed by atoms with van der Waals surface area (Å²) in [7, 11) is 0. The van der Waals surface area contributed by atoms with Gasteiger partial charge in [0.25, 0.3) is 0 Å². The van der Waals surface area contributed by atoms with Gasteiger partial charge in [0.15, 0.2) is 6.10 Å². The van der Waals surface area contributed by atoms with Gasteiger partial charge < -0.3 is 14.6 Å². The van der Waals surface area contributed by atoms with Gasteiger partial charge in [-0.25, -0.2) is 9.59 Å². The molecule has 0 amide bonds. The van der Waals surface area contributed by atoms with E-state index in [0.717, 1.165) is 0 Å². The fraction of sp³-hybridized carbons (Fsp3) is 0.667. The Kier molecular flexibility index (Phi) is 4.02. The van der Waals surface area contributed by atoms with Crippen LogP contribution in [0.4, 0.5) is 4.79 Å². The van der Waals surface area contributed by atoms with Crippen LogP contribution < -0.4 is 0 Å². The van der Waals surface area contributed by atoms with Crippen molar-refractivity contribution in [2.75, 3.05) is 6.61 Å². The minimum Gasteiger partial charge on any atom is -0.463 e. The van der Waals surface area contributed by atoms with Crippen molar-refractivity contribution in [2.45, 2.75) is 20.0 Å². The summed E-state index contributed by atoms with van der Waals surface area (Å²) in [5.74, 6) is -0.671. The molecule has 5 heteroatoms. The Labute approximate surface area is 63.9 Å². The van der Waals surface area contributed by atoms with Gasteiger partial charge in [0.05, 0.1) is 6.61 Å². The number of carbonyl (C=O) groups excluding carboxylic acids is 1. The fourth-order valence-electron chi connectivity index (χ4n) is 0.459. The van der Waals surface area contributed by atoms with Crippen LogP contribution in [-0.4, -0.2) is 29.9 Å². The molecule has 0 spiro atoms. The van der Waals surface area contributed by atoms with Gasteiger partial charge in [-0.05, 0) is 13.8 Å². The van der Waals surface area contributed by atoms with Crippen molar-refractivity contribution in [3.63, 3.8) is 0 Å². The molecular formula is C6H10O5. The van der Waals surface area contributed by atoms with Crippen LogP contribution >= 0.6 is 0 Å². The molecule has 0 aromatic carbocycles. The highest BCUT2D eigenvalue weighted by molar-refractivity contribution is 5.76. The topological polar surface area (TPSA) is 72.8 Å². The smallest absolute Gasteiger partial charge is 0.463 e. The molecule has 0 aromatic heterocycles. The molecule has 64 valence electrons. The summed E-state index contributed by atoms with van der Waals surface area (Å²) >= 11 is 0. The minimum atomic E-state index is -1.48. The van der Waals surface area contributed by atoms with Crippen LogP contribution in [-0.2, 0) is 14.3 Å². The van der Waals surface area contributed by atoms with Crippen molar-refractivity contribution in [3.05, 3.63) is 0 Å². The van der Waals surface area contributed by atoms with E-state index in [0.29, 0.717) is 0 Å². The monoisotopic (exact) mass is 162 g/mol. The van der Waals surface area contributed by atoms with E-state index in [-0.39, 0.29) is 6.61 Å². The highest BCUT2D eigenvalue weighted by Gasteiger charge is 2.17. The summed E-state index contributed by atoms with van der Waals surface area (Å²) in [5.41, 5.74) is 0. The second-order valence-corrected chi connectivity index (χ2v) is 1.78. The standard InChI is InChI=1S/C6H10O5/c1-3-10-5(7)4(2)11-6(8)9/h4H,3H2,1-2H3,(H,8,9)/t4-/m0/s1. The van der Waals surface area contributed by atoms with E-state index in [2.05, 4.69) is 9.47 Å². The molecule has 0 fully saturated rings. The van der Waals surface area contributed by atoms with Crippen molar-refractivity contribution in [1.82, 2.24) is 0 Å². The number of hydrogen-bond acceptors (Lipinski definition) is 4. The average Bonchev–Trinajstić information content (AvgIpc) is 1.86. The first-order valence-corrected chi connectivity index (χ1v) is 3.14. The lowest BCUT2D eigenvalue weighted by Crippen LogP contribution is -2.25. The minimum absolute atomic E-state index is 0.214. The van der Waals surface area contributed by atoms with Crippen LogP contribution in [0.1, 0.15) is 13.8 Å². The van der Waals surface area contributed by atoms with Gasteiger partial charge in [0, 0.05) is 0 Å². The zero-order chi connectivity index (χ0) is 8.85. The number of hydrogen-bond donors (Lipinski definition) is 1. The van der Waals surface area contributed by atoms with E-state index in [9.17, 15) is 9.59 Å². The van der Waals surface area contributed by atoms with Gasteiger partial charge in [-0.2, -0.15) is 0 Å². The van der Waals surface area contributed by atoms with Crippen LogP contribution in [0.25, 0.3) is 0 Å². The molecule has 0 heterocycles. The van der Waals surface area contributed by atoms with Crippen LogP contribution in [0.3, 0.4) is 0 Å². The van der Waals surface area contributed by atoms with Crippen molar-refractivity contribution in [2.24, 2.45) is 0 Å². The van der Waals surface area contributed by atoms with Crippen molar-refractivity contribution in [1.29, 1.82) is 0 Å². The summed E-state index contributed by atoms with van der Waals surface area (Å²) in [6.45, 7) is 3.16. The predicted octanol–water partition coefficient (Wildman–Crippen LogP) is 0.633. The van der Waals surface area contributed by atoms with Gasteiger partial charge in [-0.3, -0.25) is 0 Å². The van der Waals surface area contributed by atoms with Crippen LogP contribution in [0.5, 0.6) is 0 Å². The number of rotatable bonds is 3. The van der Waals surface area contributed by atoms with Gasteiger partial charge in [-0.15, -0.1) is 0 Å². The summed E-state index contributed by atoms with van der Waals surface area (Å²) in [6, 6.07) is 0. The third kappa shape index (κ3) is 4.19. The van der Waals surface area contributed by atoms with Crippen LogP contribution in [0.2, 0.25) is 0 Å². The van der Waals surface area contributed by atoms with E-state index in [1.165, 1.54) is 6.92 Å². The molecule has 0 saturated carbocycles. The lowest BCUT2D eigenvalue weighted by molar-refractivity contribution is -0.153. The summed E-state index contributed by atoms with van der Waals surface area (Å²) in [5, 5.41) is 8.07. The Morgan fingerprint density at radius 2 is 2.09 bits per heavy atom. The Morgan fingerprint density at radius 3 is 2.45 bits per heavy atom. The van der Waals surface area contributed by atoms with Crippen LogP contribution in [0, 0.1) is 0 Å². The van der Waals surface area contributed by atoms with Gasteiger partial charge in [0.1, 0.15) is 0 Å². The van der Waals surface area contributed by atoms with E-state index in [4.69, 9.17) is 5.11 Å². The molecule has 0 aliphatic rings.